The number of hydrogen-bond donors (Lipinski definition) is 0. The number of allylic oxidation sites excluding steroid dienone is 1. The lowest BCUT2D eigenvalue weighted by Crippen LogP contribution is -2.16. The molecule has 0 aliphatic carbocycles. The smallest absolute Gasteiger partial charge is 0.248 e. The molecule has 0 spiro atoms. The third-order valence-corrected chi connectivity index (χ3v) is 4.20. The number of para-hydroxylation sites is 1. The van der Waals surface area contributed by atoms with E-state index in [0.29, 0.717) is 17.8 Å². The number of hydrogen-bond acceptors (Lipinski definition) is 3. The van der Waals surface area contributed by atoms with Gasteiger partial charge in [-0.3, -0.25) is 4.79 Å². The molecule has 0 N–H and O–H groups in total. The summed E-state index contributed by atoms with van der Waals surface area (Å²) in [4.78, 5) is 16.9. The lowest BCUT2D eigenvalue weighted by atomic mass is 10.2. The average molecular weight is 304 g/mol. The zero-order chi connectivity index (χ0) is 15.2. The second-order valence-corrected chi connectivity index (χ2v) is 5.71. The van der Waals surface area contributed by atoms with Crippen LogP contribution in [0.15, 0.2) is 35.8 Å². The van der Waals surface area contributed by atoms with Crippen molar-refractivity contribution >= 4 is 27.5 Å². The summed E-state index contributed by atoms with van der Waals surface area (Å²) in [6.45, 7) is 6.45. The first-order chi connectivity index (χ1) is 10.2. The number of thiazole rings is 1. The van der Waals surface area contributed by atoms with E-state index in [-0.39, 0.29) is 5.91 Å². The Bertz CT molecular complexity index is 713. The molecule has 5 heteroatoms. The molecular weight excluding hydrogens is 284 g/mol. The van der Waals surface area contributed by atoms with E-state index in [9.17, 15) is 4.79 Å². The summed E-state index contributed by atoms with van der Waals surface area (Å²) >= 11 is 1.50. The number of rotatable bonds is 6. The van der Waals surface area contributed by atoms with Crippen molar-refractivity contribution in [1.29, 1.82) is 0 Å². The highest BCUT2D eigenvalue weighted by atomic mass is 32.1. The Labute approximate surface area is 128 Å². The Morgan fingerprint density at radius 2 is 2.33 bits per heavy atom. The van der Waals surface area contributed by atoms with E-state index < -0.39 is 0 Å². The van der Waals surface area contributed by atoms with Gasteiger partial charge in [-0.25, -0.2) is 0 Å². The minimum atomic E-state index is -0.0693. The van der Waals surface area contributed by atoms with Crippen molar-refractivity contribution < 1.29 is 9.53 Å². The number of carbonyl (C=O) groups is 1. The quantitative estimate of drug-likeness (QED) is 0.766. The molecule has 0 saturated carbocycles. The van der Waals surface area contributed by atoms with Crippen LogP contribution >= 0.6 is 11.3 Å². The van der Waals surface area contributed by atoms with Crippen molar-refractivity contribution in [2.75, 3.05) is 7.11 Å². The maximum absolute atomic E-state index is 11.9. The van der Waals surface area contributed by atoms with Gasteiger partial charge in [-0.15, -0.1) is 6.58 Å². The lowest BCUT2D eigenvalue weighted by molar-refractivity contribution is -0.118. The van der Waals surface area contributed by atoms with Crippen LogP contribution in [0.3, 0.4) is 0 Å². The zero-order valence-corrected chi connectivity index (χ0v) is 13.3. The molecule has 2 aromatic rings. The molecule has 0 radical (unpaired) electrons. The molecule has 0 aliphatic heterocycles. The molecule has 0 fully saturated rings. The summed E-state index contributed by atoms with van der Waals surface area (Å²) in [6, 6.07) is 5.87. The Kier molecular flexibility index (Phi) is 5.33. The number of methoxy groups -OCH3 is 1. The number of fused-ring (bicyclic) bond motifs is 1. The highest BCUT2D eigenvalue weighted by molar-refractivity contribution is 7.16. The number of amides is 1. The van der Waals surface area contributed by atoms with Crippen molar-refractivity contribution in [3.8, 4) is 5.75 Å². The van der Waals surface area contributed by atoms with E-state index in [1.54, 1.807) is 13.2 Å². The van der Waals surface area contributed by atoms with Crippen molar-refractivity contribution in [2.24, 2.45) is 4.99 Å². The summed E-state index contributed by atoms with van der Waals surface area (Å²) in [5.41, 5.74) is 0.965. The van der Waals surface area contributed by atoms with E-state index in [1.807, 2.05) is 22.8 Å². The predicted molar refractivity (Wildman–Crippen MR) is 86.7 cm³/mol. The molecule has 0 saturated heterocycles. The third-order valence-electron chi connectivity index (χ3n) is 3.16. The summed E-state index contributed by atoms with van der Waals surface area (Å²) in [6.07, 6.45) is 4.16. The van der Waals surface area contributed by atoms with Crippen LogP contribution in [0.2, 0.25) is 0 Å². The highest BCUT2D eigenvalue weighted by Crippen LogP contribution is 2.27. The normalized spacial score (nSPS) is 11.8. The van der Waals surface area contributed by atoms with Gasteiger partial charge < -0.3 is 9.30 Å². The van der Waals surface area contributed by atoms with E-state index >= 15 is 0 Å². The molecule has 4 nitrogen and oxygen atoms in total. The second kappa shape index (κ2) is 7.22. The van der Waals surface area contributed by atoms with Crippen LogP contribution < -0.4 is 9.54 Å². The summed E-state index contributed by atoms with van der Waals surface area (Å²) in [5, 5.41) is 0. The Morgan fingerprint density at radius 1 is 1.52 bits per heavy atom. The Hall–Kier alpha value is -1.88. The molecule has 0 aliphatic rings. The first kappa shape index (κ1) is 15.5. The number of benzene rings is 1. The molecule has 0 atom stereocenters. The molecular formula is C16H20N2O2S. The molecule has 2 rings (SSSR count). The predicted octanol–water partition coefficient (Wildman–Crippen LogP) is 3.51. The van der Waals surface area contributed by atoms with Crippen LogP contribution in [0.4, 0.5) is 0 Å². The van der Waals surface area contributed by atoms with Gasteiger partial charge in [-0.2, -0.15) is 4.99 Å². The fourth-order valence-electron chi connectivity index (χ4n) is 2.14. The van der Waals surface area contributed by atoms with Crippen LogP contribution in [0.1, 0.15) is 26.2 Å². The van der Waals surface area contributed by atoms with Crippen molar-refractivity contribution in [3.63, 3.8) is 0 Å². The van der Waals surface area contributed by atoms with Crippen LogP contribution in [-0.4, -0.2) is 17.6 Å². The maximum atomic E-state index is 11.9. The molecule has 1 aromatic heterocycles. The number of nitrogens with zero attached hydrogens (tertiary/aromatic N) is 2. The first-order valence-electron chi connectivity index (χ1n) is 7.06. The van der Waals surface area contributed by atoms with Gasteiger partial charge >= 0.3 is 0 Å². The van der Waals surface area contributed by atoms with E-state index in [4.69, 9.17) is 4.74 Å². The minimum absolute atomic E-state index is 0.0693. The van der Waals surface area contributed by atoms with Gasteiger partial charge in [-0.05, 0) is 18.6 Å². The fraction of sp³-hybridized carbons (Fsp3) is 0.375. The molecule has 1 amide bonds. The third kappa shape index (κ3) is 3.42. The molecule has 1 aromatic carbocycles. The number of aromatic nitrogens is 1. The van der Waals surface area contributed by atoms with Crippen LogP contribution in [-0.2, 0) is 11.3 Å². The van der Waals surface area contributed by atoms with Crippen molar-refractivity contribution in [3.05, 3.63) is 35.7 Å². The number of unbranched alkanes of at least 4 members (excludes halogenated alkanes) is 1. The average Bonchev–Trinajstić information content (AvgIpc) is 2.83. The second-order valence-electron chi connectivity index (χ2n) is 4.70. The Balaban J connectivity index is 2.58. The lowest BCUT2D eigenvalue weighted by Gasteiger charge is -2.05. The number of ether oxygens (including phenoxy) is 1. The number of carbonyl (C=O) groups excluding carboxylic acids is 1. The van der Waals surface area contributed by atoms with Gasteiger partial charge in [0.25, 0.3) is 0 Å². The van der Waals surface area contributed by atoms with E-state index in [0.717, 1.165) is 28.8 Å². The Morgan fingerprint density at radius 3 is 3.00 bits per heavy atom. The van der Waals surface area contributed by atoms with Crippen molar-refractivity contribution in [1.82, 2.24) is 4.57 Å². The molecule has 0 bridgehead atoms. The molecule has 1 heterocycles. The van der Waals surface area contributed by atoms with Gasteiger partial charge in [0.05, 0.1) is 11.8 Å². The summed E-state index contributed by atoms with van der Waals surface area (Å²) in [7, 11) is 1.65. The summed E-state index contributed by atoms with van der Waals surface area (Å²) < 4.78 is 8.46. The highest BCUT2D eigenvalue weighted by Gasteiger charge is 2.11. The van der Waals surface area contributed by atoms with Gasteiger partial charge in [-0.1, -0.05) is 36.8 Å². The van der Waals surface area contributed by atoms with E-state index in [1.165, 1.54) is 11.3 Å². The molecule has 0 unspecified atom stereocenters. The van der Waals surface area contributed by atoms with Gasteiger partial charge in [0.15, 0.2) is 4.80 Å². The van der Waals surface area contributed by atoms with Crippen LogP contribution in [0, 0.1) is 0 Å². The van der Waals surface area contributed by atoms with Gasteiger partial charge in [0.1, 0.15) is 11.3 Å². The van der Waals surface area contributed by atoms with Gasteiger partial charge in [0, 0.05) is 13.0 Å². The fourth-order valence-corrected chi connectivity index (χ4v) is 3.21. The first-order valence-corrected chi connectivity index (χ1v) is 7.87. The monoisotopic (exact) mass is 304 g/mol. The van der Waals surface area contributed by atoms with Gasteiger partial charge in [0.2, 0.25) is 5.91 Å². The standard InChI is InChI=1S/C16H20N2O2S/c1-4-6-10-14(19)17-16-18(11-5-2)15-12(20-3)8-7-9-13(15)21-16/h5,7-9H,2,4,6,10-11H2,1,3H3. The van der Waals surface area contributed by atoms with Crippen LogP contribution in [0.5, 0.6) is 5.75 Å². The SMILES string of the molecule is C=CCn1c(=NC(=O)CCCC)sc2cccc(OC)c21. The van der Waals surface area contributed by atoms with Crippen LogP contribution in [0.25, 0.3) is 10.2 Å². The molecule has 112 valence electrons. The molecule has 21 heavy (non-hydrogen) atoms. The van der Waals surface area contributed by atoms with Crippen molar-refractivity contribution in [2.45, 2.75) is 32.7 Å². The topological polar surface area (TPSA) is 43.6 Å². The van der Waals surface area contributed by atoms with E-state index in [2.05, 4.69) is 18.5 Å². The zero-order valence-electron chi connectivity index (χ0n) is 12.5. The maximum Gasteiger partial charge on any atom is 0.248 e. The largest absolute Gasteiger partial charge is 0.495 e. The minimum Gasteiger partial charge on any atom is -0.495 e. The summed E-state index contributed by atoms with van der Waals surface area (Å²) in [5.74, 6) is 0.716.